The van der Waals surface area contributed by atoms with E-state index in [1.807, 2.05) is 36.4 Å². The van der Waals surface area contributed by atoms with E-state index in [4.69, 9.17) is 11.6 Å². The zero-order valence-electron chi connectivity index (χ0n) is 14.9. The summed E-state index contributed by atoms with van der Waals surface area (Å²) >= 11 is 5.91. The number of hydrogen-bond acceptors (Lipinski definition) is 3. The third-order valence-electron chi connectivity index (χ3n) is 3.92. The normalized spacial score (nSPS) is 11.0. The molecule has 0 saturated carbocycles. The topological polar surface area (TPSA) is 78.0 Å². The van der Waals surface area contributed by atoms with Crippen molar-refractivity contribution in [2.45, 2.75) is 13.0 Å². The van der Waals surface area contributed by atoms with Gasteiger partial charge < -0.3 is 10.6 Å². The fourth-order valence-corrected chi connectivity index (χ4v) is 2.68. The standard InChI is InChI=1S/C19H21ClN6.HI/c1-21-19(22-10-9-14-5-7-17(20)8-6-14)23-12-15-3-2-4-16(11-15)18-24-13-25-26-18;/h2-8,11,13H,9-10,12H2,1H3,(H2,21,22,23)(H,24,25,26);1H. The van der Waals surface area contributed by atoms with Crippen molar-refractivity contribution in [1.82, 2.24) is 25.8 Å². The zero-order chi connectivity index (χ0) is 18.2. The van der Waals surface area contributed by atoms with Gasteiger partial charge >= 0.3 is 0 Å². The van der Waals surface area contributed by atoms with E-state index in [0.29, 0.717) is 6.54 Å². The van der Waals surface area contributed by atoms with Crippen molar-refractivity contribution in [3.63, 3.8) is 0 Å². The molecular weight excluding hydrogens is 475 g/mol. The number of aromatic amines is 1. The summed E-state index contributed by atoms with van der Waals surface area (Å²) in [5, 5.41) is 14.2. The van der Waals surface area contributed by atoms with Crippen LogP contribution in [-0.4, -0.2) is 34.7 Å². The third kappa shape index (κ3) is 6.51. The summed E-state index contributed by atoms with van der Waals surface area (Å²) < 4.78 is 0. The highest BCUT2D eigenvalue weighted by Crippen LogP contribution is 2.15. The molecule has 0 atom stereocenters. The smallest absolute Gasteiger partial charge is 0.191 e. The first-order valence-corrected chi connectivity index (χ1v) is 8.76. The summed E-state index contributed by atoms with van der Waals surface area (Å²) in [7, 11) is 1.77. The largest absolute Gasteiger partial charge is 0.356 e. The molecule has 3 N–H and O–H groups in total. The van der Waals surface area contributed by atoms with Crippen LogP contribution in [0.2, 0.25) is 5.02 Å². The lowest BCUT2D eigenvalue weighted by Gasteiger charge is -2.12. The van der Waals surface area contributed by atoms with E-state index in [9.17, 15) is 0 Å². The van der Waals surface area contributed by atoms with Crippen molar-refractivity contribution in [1.29, 1.82) is 0 Å². The van der Waals surface area contributed by atoms with Gasteiger partial charge in [0, 0.05) is 30.7 Å². The number of rotatable bonds is 6. The van der Waals surface area contributed by atoms with Gasteiger partial charge in [-0.3, -0.25) is 10.1 Å². The first-order chi connectivity index (χ1) is 12.7. The van der Waals surface area contributed by atoms with E-state index in [2.05, 4.69) is 42.9 Å². The second-order valence-electron chi connectivity index (χ2n) is 5.76. The highest BCUT2D eigenvalue weighted by Gasteiger charge is 2.03. The van der Waals surface area contributed by atoms with Crippen molar-refractivity contribution >= 4 is 41.5 Å². The minimum Gasteiger partial charge on any atom is -0.356 e. The predicted molar refractivity (Wildman–Crippen MR) is 121 cm³/mol. The molecule has 0 spiro atoms. The SMILES string of the molecule is CN=C(NCCc1ccc(Cl)cc1)NCc1cccc(-c2ncn[nH]2)c1.I. The number of aliphatic imine (C=N–C) groups is 1. The summed E-state index contributed by atoms with van der Waals surface area (Å²) in [6.45, 7) is 1.46. The van der Waals surface area contributed by atoms with E-state index in [1.165, 1.54) is 11.9 Å². The molecule has 1 aromatic heterocycles. The van der Waals surface area contributed by atoms with Crippen LogP contribution in [-0.2, 0) is 13.0 Å². The van der Waals surface area contributed by atoms with Gasteiger partial charge in [0.05, 0.1) is 0 Å². The highest BCUT2D eigenvalue weighted by molar-refractivity contribution is 14.0. The molecule has 3 rings (SSSR count). The molecule has 0 fully saturated rings. The first kappa shape index (κ1) is 21.2. The Bertz CT molecular complexity index is 849. The summed E-state index contributed by atoms with van der Waals surface area (Å²) in [6, 6.07) is 16.0. The minimum atomic E-state index is 0. The van der Waals surface area contributed by atoms with Crippen LogP contribution in [0, 0.1) is 0 Å². The lowest BCUT2D eigenvalue weighted by atomic mass is 10.1. The molecule has 0 bridgehead atoms. The van der Waals surface area contributed by atoms with Crippen molar-refractivity contribution in [2.75, 3.05) is 13.6 Å². The number of guanidine groups is 1. The van der Waals surface area contributed by atoms with E-state index >= 15 is 0 Å². The fourth-order valence-electron chi connectivity index (χ4n) is 2.56. The summed E-state index contributed by atoms with van der Waals surface area (Å²) in [5.41, 5.74) is 3.38. The van der Waals surface area contributed by atoms with Crippen molar-refractivity contribution < 1.29 is 0 Å². The molecule has 0 aliphatic heterocycles. The zero-order valence-corrected chi connectivity index (χ0v) is 18.0. The predicted octanol–water partition coefficient (Wildman–Crippen LogP) is 3.65. The Morgan fingerprint density at radius 3 is 2.63 bits per heavy atom. The lowest BCUT2D eigenvalue weighted by Crippen LogP contribution is -2.37. The van der Waals surface area contributed by atoms with Gasteiger partial charge in [-0.25, -0.2) is 4.98 Å². The summed E-state index contributed by atoms with van der Waals surface area (Å²) in [5.74, 6) is 1.53. The number of benzene rings is 2. The second kappa shape index (κ2) is 10.9. The van der Waals surface area contributed by atoms with Crippen molar-refractivity contribution in [3.05, 3.63) is 71.0 Å². The Kier molecular flexibility index (Phi) is 8.53. The molecule has 0 saturated heterocycles. The molecule has 3 aromatic rings. The van der Waals surface area contributed by atoms with Crippen LogP contribution >= 0.6 is 35.6 Å². The molecule has 2 aromatic carbocycles. The molecular formula is C19H22ClIN6. The number of H-pyrrole nitrogens is 1. The molecule has 27 heavy (non-hydrogen) atoms. The van der Waals surface area contributed by atoms with E-state index in [0.717, 1.165) is 40.9 Å². The Labute approximate surface area is 180 Å². The van der Waals surface area contributed by atoms with Crippen molar-refractivity contribution in [2.24, 2.45) is 4.99 Å². The van der Waals surface area contributed by atoms with Gasteiger partial charge in [-0.05, 0) is 35.7 Å². The van der Waals surface area contributed by atoms with E-state index in [1.54, 1.807) is 7.05 Å². The maximum Gasteiger partial charge on any atom is 0.191 e. The van der Waals surface area contributed by atoms with Gasteiger partial charge in [-0.2, -0.15) is 5.10 Å². The summed E-state index contributed by atoms with van der Waals surface area (Å²) in [4.78, 5) is 8.45. The van der Waals surface area contributed by atoms with Crippen LogP contribution in [0.1, 0.15) is 11.1 Å². The van der Waals surface area contributed by atoms with Crippen molar-refractivity contribution in [3.8, 4) is 11.4 Å². The highest BCUT2D eigenvalue weighted by atomic mass is 127. The molecule has 142 valence electrons. The molecule has 0 radical (unpaired) electrons. The van der Waals surface area contributed by atoms with Gasteiger partial charge in [0.15, 0.2) is 11.8 Å². The van der Waals surface area contributed by atoms with E-state index in [-0.39, 0.29) is 24.0 Å². The quantitative estimate of drug-likeness (QED) is 0.277. The minimum absolute atomic E-state index is 0. The monoisotopic (exact) mass is 496 g/mol. The first-order valence-electron chi connectivity index (χ1n) is 8.38. The molecule has 0 unspecified atom stereocenters. The number of nitrogens with one attached hydrogen (secondary N) is 3. The molecule has 8 heteroatoms. The lowest BCUT2D eigenvalue weighted by molar-refractivity contribution is 0.795. The van der Waals surface area contributed by atoms with E-state index < -0.39 is 0 Å². The average molecular weight is 497 g/mol. The van der Waals surface area contributed by atoms with Gasteiger partial charge in [0.25, 0.3) is 0 Å². The molecule has 0 aliphatic rings. The van der Waals surface area contributed by atoms with Crippen LogP contribution in [0.25, 0.3) is 11.4 Å². The van der Waals surface area contributed by atoms with Crippen LogP contribution in [0.15, 0.2) is 59.9 Å². The van der Waals surface area contributed by atoms with Crippen LogP contribution < -0.4 is 10.6 Å². The van der Waals surface area contributed by atoms with Gasteiger partial charge in [-0.1, -0.05) is 41.9 Å². The Morgan fingerprint density at radius 2 is 1.93 bits per heavy atom. The average Bonchev–Trinajstić information content (AvgIpc) is 3.21. The van der Waals surface area contributed by atoms with Gasteiger partial charge in [0.2, 0.25) is 0 Å². The van der Waals surface area contributed by atoms with Crippen LogP contribution in [0.4, 0.5) is 0 Å². The van der Waals surface area contributed by atoms with Gasteiger partial charge in [-0.15, -0.1) is 24.0 Å². The molecule has 0 amide bonds. The number of halogens is 2. The number of aromatic nitrogens is 3. The van der Waals surface area contributed by atoms with Crippen LogP contribution in [0.5, 0.6) is 0 Å². The van der Waals surface area contributed by atoms with Crippen LogP contribution in [0.3, 0.4) is 0 Å². The maximum absolute atomic E-state index is 5.91. The number of hydrogen-bond donors (Lipinski definition) is 3. The third-order valence-corrected chi connectivity index (χ3v) is 4.17. The molecule has 1 heterocycles. The van der Waals surface area contributed by atoms with Gasteiger partial charge in [0.1, 0.15) is 6.33 Å². The summed E-state index contributed by atoms with van der Waals surface area (Å²) in [6.07, 6.45) is 2.41. The molecule has 0 aliphatic carbocycles. The maximum atomic E-state index is 5.91. The Morgan fingerprint density at radius 1 is 1.11 bits per heavy atom. The number of nitrogens with zero attached hydrogens (tertiary/aromatic N) is 3. The second-order valence-corrected chi connectivity index (χ2v) is 6.20. The molecule has 6 nitrogen and oxygen atoms in total. The Balaban J connectivity index is 0.00000261. The fraction of sp³-hybridized carbons (Fsp3) is 0.211. The Hall–Kier alpha value is -2.13.